The van der Waals surface area contributed by atoms with Crippen molar-refractivity contribution in [1.29, 1.82) is 0 Å². The lowest BCUT2D eigenvalue weighted by molar-refractivity contribution is 0.233. The van der Waals surface area contributed by atoms with E-state index in [1.54, 1.807) is 18.2 Å². The van der Waals surface area contributed by atoms with Crippen LogP contribution in [-0.2, 0) is 9.84 Å². The number of rotatable bonds is 8. The zero-order chi connectivity index (χ0) is 21.6. The number of benzene rings is 2. The molecule has 2 N–H and O–H groups in total. The van der Waals surface area contributed by atoms with Gasteiger partial charge in [-0.05, 0) is 63.0 Å². The third-order valence-electron chi connectivity index (χ3n) is 3.83. The molecule has 0 saturated heterocycles. The lowest BCUT2D eigenvalue weighted by Gasteiger charge is -2.06. The molecule has 30 heavy (non-hydrogen) atoms. The molecular weight excluding hydrogens is 483 g/mol. The second kappa shape index (κ2) is 9.78. The second-order valence-corrected chi connectivity index (χ2v) is 8.89. The Balaban J connectivity index is 1.66. The minimum absolute atomic E-state index is 0.00802. The van der Waals surface area contributed by atoms with Crippen LogP contribution in [0.25, 0.3) is 0 Å². The number of ether oxygens (including phenoxy) is 1. The van der Waals surface area contributed by atoms with Crippen molar-refractivity contribution in [3.05, 3.63) is 64.5 Å². The fourth-order valence-electron chi connectivity index (χ4n) is 2.40. The van der Waals surface area contributed by atoms with Gasteiger partial charge in [-0.15, -0.1) is 0 Å². The molecule has 0 saturated carbocycles. The predicted molar refractivity (Wildman–Crippen MR) is 108 cm³/mol. The molecule has 9 nitrogen and oxygen atoms in total. The summed E-state index contributed by atoms with van der Waals surface area (Å²) in [5.74, 6) is -0.833. The molecule has 0 amide bonds. The topological polar surface area (TPSA) is 127 Å². The maximum atomic E-state index is 13.4. The molecule has 0 aliphatic heterocycles. The van der Waals surface area contributed by atoms with Gasteiger partial charge in [0.25, 0.3) is 5.88 Å². The highest BCUT2D eigenvalue weighted by Gasteiger charge is 2.19. The van der Waals surface area contributed by atoms with E-state index >= 15 is 0 Å². The summed E-state index contributed by atoms with van der Waals surface area (Å²) in [6, 6.07) is 12.1. The minimum Gasteiger partial charge on any atom is -0.474 e. The minimum atomic E-state index is -3.43. The summed E-state index contributed by atoms with van der Waals surface area (Å²) >= 11 is 3.05. The number of sulfone groups is 1. The van der Waals surface area contributed by atoms with Crippen molar-refractivity contribution in [2.75, 3.05) is 12.4 Å². The number of halogens is 2. The van der Waals surface area contributed by atoms with Gasteiger partial charge in [-0.3, -0.25) is 10.7 Å². The highest BCUT2D eigenvalue weighted by Crippen LogP contribution is 2.23. The average Bonchev–Trinajstić information content (AvgIpc) is 3.21. The lowest BCUT2D eigenvalue weighted by Crippen LogP contribution is -2.21. The van der Waals surface area contributed by atoms with Gasteiger partial charge in [-0.25, -0.2) is 22.4 Å². The van der Waals surface area contributed by atoms with Crippen molar-refractivity contribution in [1.82, 2.24) is 15.8 Å². The predicted octanol–water partition coefficient (Wildman–Crippen LogP) is 3.27. The van der Waals surface area contributed by atoms with E-state index in [0.717, 1.165) is 0 Å². The Bertz CT molecular complexity index is 1140. The summed E-state index contributed by atoms with van der Waals surface area (Å²) in [6.07, 6.45) is 0.188. The number of hydrogen-bond acceptors (Lipinski definition) is 8. The number of hydrogen-bond donors (Lipinski definition) is 2. The highest BCUT2D eigenvalue weighted by molar-refractivity contribution is 9.10. The van der Waals surface area contributed by atoms with Crippen LogP contribution in [0.15, 0.2) is 67.5 Å². The number of amidine groups is 1. The normalized spacial score (nSPS) is 12.0. The Kier molecular flexibility index (Phi) is 7.13. The van der Waals surface area contributed by atoms with E-state index in [-0.39, 0.29) is 45.6 Å². The Morgan fingerprint density at radius 1 is 1.23 bits per heavy atom. The van der Waals surface area contributed by atoms with Crippen molar-refractivity contribution in [3.63, 3.8) is 0 Å². The van der Waals surface area contributed by atoms with Gasteiger partial charge < -0.3 is 4.74 Å². The smallest absolute Gasteiger partial charge is 0.287 e. The first-order chi connectivity index (χ1) is 14.4. The molecule has 0 spiro atoms. The van der Waals surface area contributed by atoms with Crippen LogP contribution in [0.4, 0.5) is 10.1 Å². The largest absolute Gasteiger partial charge is 0.474 e. The van der Waals surface area contributed by atoms with Crippen LogP contribution in [0.1, 0.15) is 12.1 Å². The number of hydroxylamine groups is 1. The van der Waals surface area contributed by atoms with E-state index in [1.165, 1.54) is 30.3 Å². The van der Waals surface area contributed by atoms with E-state index in [9.17, 15) is 18.0 Å². The van der Waals surface area contributed by atoms with Gasteiger partial charge in [0, 0.05) is 0 Å². The quantitative estimate of drug-likeness (QED) is 0.209. The van der Waals surface area contributed by atoms with E-state index in [4.69, 9.17) is 4.74 Å². The Morgan fingerprint density at radius 2 is 2.00 bits per heavy atom. The standard InChI is InChI=1S/C18H16BrFN4O5S/c19-14-11-12(7-8-15(14)20)21-17(22-25)16-18(24-29-23-16)28-9-4-10-30(26,27)13-5-2-1-3-6-13/h1-3,5-8,11,25H,4,9-10H2,(H,21,22). The number of aromatic nitrogens is 2. The molecule has 0 bridgehead atoms. The first-order valence-corrected chi connectivity index (χ1v) is 11.0. The van der Waals surface area contributed by atoms with E-state index < -0.39 is 15.7 Å². The molecule has 1 aromatic heterocycles. The molecule has 1 heterocycles. The van der Waals surface area contributed by atoms with Crippen LogP contribution >= 0.6 is 15.9 Å². The third-order valence-corrected chi connectivity index (χ3v) is 6.26. The van der Waals surface area contributed by atoms with E-state index in [2.05, 4.69) is 35.9 Å². The lowest BCUT2D eigenvalue weighted by atomic mass is 10.3. The maximum absolute atomic E-state index is 13.4. The summed E-state index contributed by atoms with van der Waals surface area (Å²) < 4.78 is 48.2. The molecule has 12 heteroatoms. The maximum Gasteiger partial charge on any atom is 0.287 e. The zero-order valence-electron chi connectivity index (χ0n) is 15.3. The van der Waals surface area contributed by atoms with Gasteiger partial charge >= 0.3 is 0 Å². The molecule has 2 aromatic carbocycles. The van der Waals surface area contributed by atoms with E-state index in [1.807, 2.05) is 5.48 Å². The van der Waals surface area contributed by atoms with Crippen LogP contribution in [0.5, 0.6) is 5.88 Å². The van der Waals surface area contributed by atoms with Crippen molar-refractivity contribution < 1.29 is 27.4 Å². The van der Waals surface area contributed by atoms with Gasteiger partial charge in [0.1, 0.15) is 5.82 Å². The molecule has 0 radical (unpaired) electrons. The molecule has 0 atom stereocenters. The summed E-state index contributed by atoms with van der Waals surface area (Å²) in [7, 11) is -3.43. The third kappa shape index (κ3) is 5.40. The molecule has 0 fully saturated rings. The van der Waals surface area contributed by atoms with Crippen LogP contribution in [0.2, 0.25) is 0 Å². The first kappa shape index (κ1) is 21.9. The Labute approximate surface area is 179 Å². The summed E-state index contributed by atoms with van der Waals surface area (Å²) in [5, 5.41) is 16.6. The summed E-state index contributed by atoms with van der Waals surface area (Å²) in [4.78, 5) is 4.34. The number of aliphatic imine (C=N–C) groups is 1. The molecule has 3 aromatic rings. The fourth-order valence-corrected chi connectivity index (χ4v) is 4.07. The van der Waals surface area contributed by atoms with Crippen LogP contribution in [0.3, 0.4) is 0 Å². The van der Waals surface area contributed by atoms with Crippen molar-refractivity contribution in [2.24, 2.45) is 4.99 Å². The van der Waals surface area contributed by atoms with Crippen molar-refractivity contribution >= 4 is 37.3 Å². The van der Waals surface area contributed by atoms with Crippen LogP contribution in [-0.4, -0.2) is 42.1 Å². The zero-order valence-corrected chi connectivity index (χ0v) is 17.7. The number of nitrogens with one attached hydrogen (secondary N) is 1. The SMILES string of the molecule is O=S(=O)(CCCOc1nonc1C(=Nc1ccc(F)c(Br)c1)NO)c1ccccc1. The Hall–Kier alpha value is -2.83. The molecule has 0 unspecified atom stereocenters. The fraction of sp³-hybridized carbons (Fsp3) is 0.167. The van der Waals surface area contributed by atoms with Crippen molar-refractivity contribution in [3.8, 4) is 5.88 Å². The summed E-state index contributed by atoms with van der Waals surface area (Å²) in [6.45, 7) is 0.00802. The average molecular weight is 499 g/mol. The second-order valence-electron chi connectivity index (χ2n) is 5.92. The first-order valence-electron chi connectivity index (χ1n) is 8.58. The van der Waals surface area contributed by atoms with Gasteiger partial charge in [-0.2, -0.15) is 0 Å². The van der Waals surface area contributed by atoms with Crippen molar-refractivity contribution in [2.45, 2.75) is 11.3 Å². The molecule has 3 rings (SSSR count). The Morgan fingerprint density at radius 3 is 2.70 bits per heavy atom. The van der Waals surface area contributed by atoms with Gasteiger partial charge in [0.15, 0.2) is 15.7 Å². The van der Waals surface area contributed by atoms with Gasteiger partial charge in [0.2, 0.25) is 5.69 Å². The molecule has 158 valence electrons. The van der Waals surface area contributed by atoms with E-state index in [0.29, 0.717) is 5.69 Å². The van der Waals surface area contributed by atoms with Gasteiger partial charge in [-0.1, -0.05) is 18.2 Å². The van der Waals surface area contributed by atoms with Gasteiger partial charge in [0.05, 0.1) is 27.4 Å². The molecule has 0 aliphatic rings. The molecule has 0 aliphatic carbocycles. The monoisotopic (exact) mass is 498 g/mol. The van der Waals surface area contributed by atoms with Crippen LogP contribution < -0.4 is 10.2 Å². The molecular formula is C18H16BrFN4O5S. The number of nitrogens with zero attached hydrogens (tertiary/aromatic N) is 3. The summed E-state index contributed by atoms with van der Waals surface area (Å²) in [5.41, 5.74) is 2.14. The van der Waals surface area contributed by atoms with Crippen LogP contribution in [0, 0.1) is 5.82 Å². The highest BCUT2D eigenvalue weighted by atomic mass is 79.9.